The number of nitrogens with zero attached hydrogens (tertiary/aromatic N) is 6. The Morgan fingerprint density at radius 3 is 1.42 bits per heavy atom. The summed E-state index contributed by atoms with van der Waals surface area (Å²) in [6.45, 7) is 39.1. The molecule has 3 rings (SSSR count). The van der Waals surface area contributed by atoms with Crippen molar-refractivity contribution in [2.45, 2.75) is 99.7 Å². The van der Waals surface area contributed by atoms with Crippen LogP contribution in [-0.4, -0.2) is 146 Å². The molecule has 0 unspecified atom stereocenters. The van der Waals surface area contributed by atoms with Crippen molar-refractivity contribution in [3.05, 3.63) is 0 Å². The first-order valence-corrected chi connectivity index (χ1v) is 15.7. The van der Waals surface area contributed by atoms with E-state index in [-0.39, 0.29) is 0 Å². The molecule has 0 spiro atoms. The Balaban J connectivity index is 0.000000337. The zero-order chi connectivity index (χ0) is 26.9. The highest BCUT2D eigenvalue weighted by Crippen LogP contribution is 2.10. The van der Waals surface area contributed by atoms with Crippen LogP contribution in [0.15, 0.2) is 0 Å². The van der Waals surface area contributed by atoms with Crippen LogP contribution in [0.4, 0.5) is 0 Å². The van der Waals surface area contributed by atoms with Gasteiger partial charge in [0.25, 0.3) is 0 Å². The predicted molar refractivity (Wildman–Crippen MR) is 160 cm³/mol. The van der Waals surface area contributed by atoms with Crippen molar-refractivity contribution in [1.82, 2.24) is 29.4 Å². The lowest BCUT2D eigenvalue weighted by Crippen LogP contribution is -2.49. The van der Waals surface area contributed by atoms with Crippen LogP contribution in [0.2, 0.25) is 0 Å². The normalized spacial score (nSPS) is 21.2. The van der Waals surface area contributed by atoms with Crippen molar-refractivity contribution in [1.29, 1.82) is 0 Å². The fourth-order valence-corrected chi connectivity index (χ4v) is 5.73. The molecule has 0 radical (unpaired) electrons. The van der Waals surface area contributed by atoms with Crippen LogP contribution in [0.5, 0.6) is 0 Å². The maximum atomic E-state index is 2.65. The van der Waals surface area contributed by atoms with E-state index in [1.54, 1.807) is 0 Å². The van der Waals surface area contributed by atoms with Gasteiger partial charge in [-0.3, -0.25) is 14.7 Å². The molecule has 0 atom stereocenters. The van der Waals surface area contributed by atoms with Crippen molar-refractivity contribution in [3.63, 3.8) is 0 Å². The molecule has 6 heteroatoms. The Morgan fingerprint density at radius 2 is 0.972 bits per heavy atom. The number of rotatable bonds is 11. The van der Waals surface area contributed by atoms with Gasteiger partial charge in [-0.25, -0.2) is 0 Å². The number of likely N-dealkylation sites (tertiary alicyclic amines) is 1. The highest BCUT2D eigenvalue weighted by atomic mass is 15.3. The molecule has 0 aliphatic carbocycles. The molecule has 0 amide bonds. The first kappa shape index (κ1) is 33.8. The van der Waals surface area contributed by atoms with Gasteiger partial charge >= 0.3 is 0 Å². The molecule has 216 valence electrons. The maximum absolute atomic E-state index is 2.65. The first-order valence-electron chi connectivity index (χ1n) is 15.7. The topological polar surface area (TPSA) is 19.4 Å². The standard InChI is InChI=1S/C14H29N3.C14H31N3.C2H6/c1-14(2)17-12-10-16(11-13-17)9-5-8-15-6-3-4-7-15;1-6-15-7-9-16(10-8-15)11-12-17(13(2)3)14(4)5;1-2/h14H,3-13H2,1-2H3;13-14H,6-12H2,1-5H3;1-2H3. The minimum Gasteiger partial charge on any atom is -0.303 e. The van der Waals surface area contributed by atoms with E-state index in [4.69, 9.17) is 0 Å². The second-order valence-corrected chi connectivity index (χ2v) is 11.6. The third-order valence-corrected chi connectivity index (χ3v) is 8.20. The second kappa shape index (κ2) is 19.8. The number of piperazine rings is 2. The smallest absolute Gasteiger partial charge is 0.0115 e. The summed E-state index contributed by atoms with van der Waals surface area (Å²) in [4.78, 5) is 15.6. The van der Waals surface area contributed by atoms with Gasteiger partial charge in [-0.2, -0.15) is 0 Å². The third-order valence-electron chi connectivity index (χ3n) is 8.20. The van der Waals surface area contributed by atoms with Crippen molar-refractivity contribution in [2.75, 3.05) is 98.2 Å². The van der Waals surface area contributed by atoms with Crippen molar-refractivity contribution >= 4 is 0 Å². The van der Waals surface area contributed by atoms with Gasteiger partial charge in [-0.1, -0.05) is 20.8 Å². The van der Waals surface area contributed by atoms with Crippen molar-refractivity contribution in [3.8, 4) is 0 Å². The quantitative estimate of drug-likeness (QED) is 0.411. The summed E-state index contributed by atoms with van der Waals surface area (Å²) in [5.41, 5.74) is 0. The van der Waals surface area contributed by atoms with Crippen molar-refractivity contribution in [2.24, 2.45) is 0 Å². The maximum Gasteiger partial charge on any atom is 0.0115 e. The molecule has 0 bridgehead atoms. The van der Waals surface area contributed by atoms with Crippen molar-refractivity contribution < 1.29 is 0 Å². The molecule has 0 saturated carbocycles. The largest absolute Gasteiger partial charge is 0.303 e. The monoisotopic (exact) mass is 511 g/mol. The molecule has 36 heavy (non-hydrogen) atoms. The Labute approximate surface area is 227 Å². The molecule has 0 aromatic heterocycles. The number of likely N-dealkylation sites (N-methyl/N-ethyl adjacent to an activating group) is 1. The Morgan fingerprint density at radius 1 is 0.556 bits per heavy atom. The van der Waals surface area contributed by atoms with E-state index in [0.717, 1.165) is 6.04 Å². The van der Waals surface area contributed by atoms with Gasteiger partial charge in [0.2, 0.25) is 0 Å². The van der Waals surface area contributed by atoms with Gasteiger partial charge in [-0.15, -0.1) is 0 Å². The van der Waals surface area contributed by atoms with Crippen LogP contribution in [0.3, 0.4) is 0 Å². The molecule has 3 heterocycles. The minimum atomic E-state index is 0.659. The van der Waals surface area contributed by atoms with Gasteiger partial charge < -0.3 is 14.7 Å². The predicted octanol–water partition coefficient (Wildman–Crippen LogP) is 4.27. The molecule has 3 aliphatic rings. The van der Waals surface area contributed by atoms with Crippen LogP contribution in [0.1, 0.15) is 81.6 Å². The Kier molecular flexibility index (Phi) is 18.6. The molecular weight excluding hydrogens is 444 g/mol. The molecule has 3 fully saturated rings. The second-order valence-electron chi connectivity index (χ2n) is 11.6. The summed E-state index contributed by atoms with van der Waals surface area (Å²) in [7, 11) is 0. The number of hydrogen-bond donors (Lipinski definition) is 0. The van der Waals surface area contributed by atoms with E-state index in [1.165, 1.54) is 117 Å². The van der Waals surface area contributed by atoms with Gasteiger partial charge in [0.05, 0.1) is 0 Å². The summed E-state index contributed by atoms with van der Waals surface area (Å²) in [5.74, 6) is 0. The Hall–Kier alpha value is -0.240. The van der Waals surface area contributed by atoms with Crippen LogP contribution in [-0.2, 0) is 0 Å². The molecule has 0 aromatic rings. The first-order chi connectivity index (χ1) is 17.3. The van der Waals surface area contributed by atoms with E-state index < -0.39 is 0 Å². The summed E-state index contributed by atoms with van der Waals surface area (Å²) in [5, 5.41) is 0. The summed E-state index contributed by atoms with van der Waals surface area (Å²) in [6.07, 6.45) is 4.21. The summed E-state index contributed by atoms with van der Waals surface area (Å²) < 4.78 is 0. The van der Waals surface area contributed by atoms with Crippen LogP contribution >= 0.6 is 0 Å². The van der Waals surface area contributed by atoms with Crippen LogP contribution < -0.4 is 0 Å². The van der Waals surface area contributed by atoms with Gasteiger partial charge in [0.1, 0.15) is 0 Å². The zero-order valence-corrected chi connectivity index (χ0v) is 26.1. The third kappa shape index (κ3) is 13.5. The lowest BCUT2D eigenvalue weighted by molar-refractivity contribution is 0.103. The summed E-state index contributed by atoms with van der Waals surface area (Å²) >= 11 is 0. The van der Waals surface area contributed by atoms with E-state index in [0.29, 0.717) is 12.1 Å². The van der Waals surface area contributed by atoms with E-state index in [9.17, 15) is 0 Å². The number of hydrogen-bond acceptors (Lipinski definition) is 6. The van der Waals surface area contributed by atoms with Crippen LogP contribution in [0, 0.1) is 0 Å². The average Bonchev–Trinajstić information content (AvgIpc) is 3.40. The fraction of sp³-hybridized carbons (Fsp3) is 1.00. The molecule has 3 saturated heterocycles. The fourth-order valence-electron chi connectivity index (χ4n) is 5.73. The molecular formula is C30H66N6. The summed E-state index contributed by atoms with van der Waals surface area (Å²) in [6, 6.07) is 2.04. The SMILES string of the molecule is CC.CC(C)N1CCN(CCCN2CCCC2)CC1.CCN1CCN(CCN(C(C)C)C(C)C)CC1. The lowest BCUT2D eigenvalue weighted by Gasteiger charge is -2.37. The molecule has 0 aromatic carbocycles. The lowest BCUT2D eigenvalue weighted by atomic mass is 10.2. The zero-order valence-electron chi connectivity index (χ0n) is 26.1. The molecule has 0 N–H and O–H groups in total. The minimum absolute atomic E-state index is 0.659. The van der Waals surface area contributed by atoms with Gasteiger partial charge in [-0.05, 0) is 93.5 Å². The van der Waals surface area contributed by atoms with E-state index in [2.05, 4.69) is 77.9 Å². The molecule has 6 nitrogen and oxygen atoms in total. The van der Waals surface area contributed by atoms with Gasteiger partial charge in [0.15, 0.2) is 0 Å². The highest BCUT2D eigenvalue weighted by Gasteiger charge is 2.20. The molecule has 3 aliphatic heterocycles. The average molecular weight is 511 g/mol. The van der Waals surface area contributed by atoms with E-state index in [1.807, 2.05) is 13.8 Å². The van der Waals surface area contributed by atoms with E-state index >= 15 is 0 Å². The highest BCUT2D eigenvalue weighted by molar-refractivity contribution is 4.76. The Bertz CT molecular complexity index is 482. The van der Waals surface area contributed by atoms with Crippen LogP contribution in [0.25, 0.3) is 0 Å². The van der Waals surface area contributed by atoms with Gasteiger partial charge in [0, 0.05) is 83.6 Å².